The third-order valence-electron chi connectivity index (χ3n) is 3.84. The molecule has 1 fully saturated rings. The van der Waals surface area contributed by atoms with Gasteiger partial charge in [0.2, 0.25) is 11.8 Å². The molecule has 150 valence electrons. The average molecular weight is 395 g/mol. The summed E-state index contributed by atoms with van der Waals surface area (Å²) in [5.74, 6) is -1.32. The lowest BCUT2D eigenvalue weighted by molar-refractivity contribution is -0.141. The fourth-order valence-electron chi connectivity index (χ4n) is 2.72. The maximum atomic E-state index is 12.2. The number of ether oxygens (including phenoxy) is 1. The van der Waals surface area contributed by atoms with E-state index in [-0.39, 0.29) is 12.3 Å². The predicted molar refractivity (Wildman–Crippen MR) is 85.4 cm³/mol. The number of hydrogen-bond acceptors (Lipinski definition) is 4. The van der Waals surface area contributed by atoms with Crippen molar-refractivity contribution >= 4 is 17.5 Å². The summed E-state index contributed by atoms with van der Waals surface area (Å²) in [6.07, 6.45) is -3.57. The van der Waals surface area contributed by atoms with Gasteiger partial charge in [-0.3, -0.25) is 14.5 Å². The minimum absolute atomic E-state index is 0.0658. The molecule has 0 saturated carbocycles. The number of halogens is 5. The number of likely N-dealkylation sites (tertiary alicyclic amines) is 1. The van der Waals surface area contributed by atoms with Gasteiger partial charge in [0.1, 0.15) is 12.3 Å². The zero-order chi connectivity index (χ0) is 20.0. The van der Waals surface area contributed by atoms with E-state index in [1.54, 1.807) is 0 Å². The van der Waals surface area contributed by atoms with E-state index >= 15 is 0 Å². The molecule has 2 N–H and O–H groups in total. The second-order valence-corrected chi connectivity index (χ2v) is 5.91. The van der Waals surface area contributed by atoms with Crippen molar-refractivity contribution in [1.82, 2.24) is 10.2 Å². The van der Waals surface area contributed by atoms with E-state index in [4.69, 9.17) is 0 Å². The van der Waals surface area contributed by atoms with Crippen LogP contribution in [0.5, 0.6) is 5.75 Å². The van der Waals surface area contributed by atoms with E-state index < -0.39 is 37.2 Å². The van der Waals surface area contributed by atoms with Crippen LogP contribution in [0.15, 0.2) is 24.3 Å². The van der Waals surface area contributed by atoms with E-state index in [9.17, 15) is 31.5 Å². The molecule has 1 aliphatic rings. The lowest BCUT2D eigenvalue weighted by atomic mass is 10.2. The molecule has 2 amide bonds. The largest absolute Gasteiger partial charge is 0.435 e. The van der Waals surface area contributed by atoms with Crippen LogP contribution in [-0.2, 0) is 9.59 Å². The van der Waals surface area contributed by atoms with Crippen LogP contribution in [0.25, 0.3) is 0 Å². The number of benzene rings is 1. The van der Waals surface area contributed by atoms with Crippen molar-refractivity contribution in [1.29, 1.82) is 0 Å². The molecule has 0 aromatic heterocycles. The first-order chi connectivity index (χ1) is 12.6. The van der Waals surface area contributed by atoms with Crippen LogP contribution in [-0.4, -0.2) is 55.2 Å². The molecule has 6 nitrogen and oxygen atoms in total. The minimum Gasteiger partial charge on any atom is -0.435 e. The number of hydrogen-bond donors (Lipinski definition) is 2. The molecule has 1 aliphatic heterocycles. The summed E-state index contributed by atoms with van der Waals surface area (Å²) in [7, 11) is 0. The molecule has 1 unspecified atom stereocenters. The summed E-state index contributed by atoms with van der Waals surface area (Å²) in [6, 6.07) is 4.44. The number of alkyl halides is 5. The van der Waals surface area contributed by atoms with E-state index in [1.807, 2.05) is 5.32 Å². The fourth-order valence-corrected chi connectivity index (χ4v) is 2.72. The Labute approximate surface area is 151 Å². The second-order valence-electron chi connectivity index (χ2n) is 5.91. The zero-order valence-electron chi connectivity index (χ0n) is 14.1. The molecule has 1 aromatic carbocycles. The van der Waals surface area contributed by atoms with Crippen LogP contribution >= 0.6 is 0 Å². The molecule has 0 spiro atoms. The van der Waals surface area contributed by atoms with Gasteiger partial charge in [0.15, 0.2) is 0 Å². The lowest BCUT2D eigenvalue weighted by Gasteiger charge is -2.23. The first-order valence-corrected chi connectivity index (χ1v) is 8.07. The maximum Gasteiger partial charge on any atom is 0.405 e. The van der Waals surface area contributed by atoms with Gasteiger partial charge in [0.05, 0.1) is 12.6 Å². The third-order valence-corrected chi connectivity index (χ3v) is 3.84. The van der Waals surface area contributed by atoms with Crippen LogP contribution in [0, 0.1) is 0 Å². The van der Waals surface area contributed by atoms with Crippen molar-refractivity contribution in [2.75, 3.05) is 25.0 Å². The molecule has 0 radical (unpaired) electrons. The summed E-state index contributed by atoms with van der Waals surface area (Å²) in [5, 5.41) is 4.36. The Morgan fingerprint density at radius 3 is 2.48 bits per heavy atom. The summed E-state index contributed by atoms with van der Waals surface area (Å²) in [5.41, 5.74) is 0.332. The topological polar surface area (TPSA) is 70.7 Å². The molecule has 27 heavy (non-hydrogen) atoms. The summed E-state index contributed by atoms with van der Waals surface area (Å²) in [4.78, 5) is 25.5. The smallest absolute Gasteiger partial charge is 0.405 e. The Bertz CT molecular complexity index is 652. The lowest BCUT2D eigenvalue weighted by Crippen LogP contribution is -2.47. The Morgan fingerprint density at radius 1 is 1.22 bits per heavy atom. The number of rotatable bonds is 7. The van der Waals surface area contributed by atoms with Crippen LogP contribution in [0.2, 0.25) is 0 Å². The minimum atomic E-state index is -4.50. The first kappa shape index (κ1) is 20.9. The quantitative estimate of drug-likeness (QED) is 0.696. The van der Waals surface area contributed by atoms with Gasteiger partial charge in [0.25, 0.3) is 0 Å². The van der Waals surface area contributed by atoms with Gasteiger partial charge in [-0.25, -0.2) is 0 Å². The van der Waals surface area contributed by atoms with Gasteiger partial charge in [-0.2, -0.15) is 22.0 Å². The Balaban J connectivity index is 1.85. The molecule has 2 rings (SSSR count). The van der Waals surface area contributed by atoms with Gasteiger partial charge in [-0.15, -0.1) is 0 Å². The van der Waals surface area contributed by atoms with Gasteiger partial charge in [-0.05, 0) is 43.7 Å². The molecular formula is C16H18F5N3O3. The predicted octanol–water partition coefficient (Wildman–Crippen LogP) is 2.37. The van der Waals surface area contributed by atoms with Crippen molar-refractivity contribution in [3.8, 4) is 5.75 Å². The van der Waals surface area contributed by atoms with Crippen molar-refractivity contribution in [2.24, 2.45) is 0 Å². The molecule has 1 heterocycles. The number of amides is 2. The highest BCUT2D eigenvalue weighted by Gasteiger charge is 2.34. The number of nitrogens with zero attached hydrogens (tertiary/aromatic N) is 1. The Kier molecular flexibility index (Phi) is 6.94. The molecule has 11 heteroatoms. The number of carbonyl (C=O) groups is 2. The second kappa shape index (κ2) is 8.98. The standard InChI is InChI=1S/C16H18F5N3O3/c17-15(18)27-11-5-3-10(4-6-11)23-13(25)8-24-7-1-2-12(24)14(26)22-9-16(19,20)21/h3-6,12,15H,1-2,7-9H2,(H,22,26)(H,23,25). The van der Waals surface area contributed by atoms with Gasteiger partial charge in [-0.1, -0.05) is 0 Å². The van der Waals surface area contributed by atoms with Crippen LogP contribution in [0.3, 0.4) is 0 Å². The zero-order valence-corrected chi connectivity index (χ0v) is 14.1. The summed E-state index contributed by atoms with van der Waals surface area (Å²) < 4.78 is 65.0. The first-order valence-electron chi connectivity index (χ1n) is 8.07. The van der Waals surface area contributed by atoms with Gasteiger partial charge < -0.3 is 15.4 Å². The van der Waals surface area contributed by atoms with Crippen molar-refractivity contribution in [3.63, 3.8) is 0 Å². The van der Waals surface area contributed by atoms with Gasteiger partial charge >= 0.3 is 12.8 Å². The highest BCUT2D eigenvalue weighted by Crippen LogP contribution is 2.20. The summed E-state index contributed by atoms with van der Waals surface area (Å²) in [6.45, 7) is -4.16. The van der Waals surface area contributed by atoms with Crippen LogP contribution in [0.1, 0.15) is 12.8 Å². The van der Waals surface area contributed by atoms with E-state index in [0.717, 1.165) is 0 Å². The molecule has 1 atom stereocenters. The number of carbonyl (C=O) groups excluding carboxylic acids is 2. The van der Waals surface area contributed by atoms with Crippen molar-refractivity contribution in [3.05, 3.63) is 24.3 Å². The molecule has 0 bridgehead atoms. The molecule has 0 aliphatic carbocycles. The fraction of sp³-hybridized carbons (Fsp3) is 0.500. The highest BCUT2D eigenvalue weighted by molar-refractivity contribution is 5.93. The monoisotopic (exact) mass is 395 g/mol. The van der Waals surface area contributed by atoms with E-state index in [0.29, 0.717) is 25.1 Å². The van der Waals surface area contributed by atoms with Crippen LogP contribution < -0.4 is 15.4 Å². The van der Waals surface area contributed by atoms with E-state index in [2.05, 4.69) is 10.1 Å². The van der Waals surface area contributed by atoms with Crippen LogP contribution in [0.4, 0.5) is 27.6 Å². The SMILES string of the molecule is O=C(CN1CCCC1C(=O)NCC(F)(F)F)Nc1ccc(OC(F)F)cc1. The highest BCUT2D eigenvalue weighted by atomic mass is 19.4. The number of nitrogens with one attached hydrogen (secondary N) is 2. The molecule has 1 saturated heterocycles. The third kappa shape index (κ3) is 7.00. The Hall–Kier alpha value is -2.43. The average Bonchev–Trinajstić information content (AvgIpc) is 3.01. The van der Waals surface area contributed by atoms with Gasteiger partial charge in [0, 0.05) is 5.69 Å². The molecular weight excluding hydrogens is 377 g/mol. The van der Waals surface area contributed by atoms with Crippen molar-refractivity contribution in [2.45, 2.75) is 31.7 Å². The molecule has 1 aromatic rings. The Morgan fingerprint density at radius 2 is 1.89 bits per heavy atom. The normalized spacial score (nSPS) is 17.8. The van der Waals surface area contributed by atoms with E-state index in [1.165, 1.54) is 29.2 Å². The maximum absolute atomic E-state index is 12.2. The summed E-state index contributed by atoms with van der Waals surface area (Å²) >= 11 is 0. The number of anilines is 1. The van der Waals surface area contributed by atoms with Crippen molar-refractivity contribution < 1.29 is 36.3 Å².